The molecule has 1 amide bonds. The van der Waals surface area contributed by atoms with Crippen LogP contribution in [-0.4, -0.2) is 51.5 Å². The highest BCUT2D eigenvalue weighted by molar-refractivity contribution is 7.89. The second-order valence-electron chi connectivity index (χ2n) is 6.26. The fraction of sp³-hybridized carbons (Fsp3) is 0.235. The number of aryl methyl sites for hydroxylation is 1. The first-order chi connectivity index (χ1) is 12.8. The Kier molecular flexibility index (Phi) is 3.89. The van der Waals surface area contributed by atoms with Crippen molar-refractivity contribution in [2.75, 3.05) is 25.0 Å². The standard InChI is InChI=1S/C17H17N5O4S/c1-10-13(14-15-19-7-8-22(15)9-20-16(14)26-10)17(23)21(2)11-3-5-12(6-4-11)27(18,24)25/h3-6,9H,7-8H2,1-2H3,(H2,18,24,25). The van der Waals surface area contributed by atoms with Gasteiger partial charge in [0, 0.05) is 19.3 Å². The first kappa shape index (κ1) is 17.4. The van der Waals surface area contributed by atoms with E-state index in [-0.39, 0.29) is 10.8 Å². The van der Waals surface area contributed by atoms with Gasteiger partial charge in [0.1, 0.15) is 17.9 Å². The minimum atomic E-state index is -3.79. The number of nitrogens with two attached hydrogens (primary N) is 1. The third-order valence-electron chi connectivity index (χ3n) is 4.55. The number of furan rings is 1. The number of rotatable bonds is 3. The molecule has 0 spiro atoms. The van der Waals surface area contributed by atoms with Crippen molar-refractivity contribution < 1.29 is 17.6 Å². The van der Waals surface area contributed by atoms with E-state index in [4.69, 9.17) is 9.56 Å². The zero-order chi connectivity index (χ0) is 19.3. The number of hydrogen-bond acceptors (Lipinski definition) is 7. The van der Waals surface area contributed by atoms with E-state index < -0.39 is 10.0 Å². The van der Waals surface area contributed by atoms with E-state index in [2.05, 4.69) is 9.98 Å². The Morgan fingerprint density at radius 2 is 2.00 bits per heavy atom. The molecule has 4 rings (SSSR count). The van der Waals surface area contributed by atoms with Crippen LogP contribution in [0.4, 0.5) is 11.6 Å². The molecule has 0 atom stereocenters. The minimum Gasteiger partial charge on any atom is -0.442 e. The van der Waals surface area contributed by atoms with Crippen molar-refractivity contribution in [2.24, 2.45) is 15.1 Å². The smallest absolute Gasteiger partial charge is 0.262 e. The van der Waals surface area contributed by atoms with Crippen molar-refractivity contribution in [3.8, 4) is 0 Å². The van der Waals surface area contributed by atoms with Crippen LogP contribution in [0.15, 0.2) is 43.6 Å². The molecule has 0 bridgehead atoms. The maximum absolute atomic E-state index is 13.2. The average molecular weight is 387 g/mol. The lowest BCUT2D eigenvalue weighted by Crippen LogP contribution is -2.33. The molecule has 0 radical (unpaired) electrons. The Labute approximate surface area is 155 Å². The van der Waals surface area contributed by atoms with Crippen LogP contribution in [0.3, 0.4) is 0 Å². The zero-order valence-electron chi connectivity index (χ0n) is 14.7. The van der Waals surface area contributed by atoms with Crippen LogP contribution in [0.5, 0.6) is 0 Å². The van der Waals surface area contributed by atoms with Crippen molar-refractivity contribution >= 4 is 39.7 Å². The van der Waals surface area contributed by atoms with Crippen molar-refractivity contribution in [3.63, 3.8) is 0 Å². The average Bonchev–Trinajstić information content (AvgIpc) is 3.22. The predicted molar refractivity (Wildman–Crippen MR) is 100 cm³/mol. The largest absolute Gasteiger partial charge is 0.442 e. The summed E-state index contributed by atoms with van der Waals surface area (Å²) in [6.07, 6.45) is 1.65. The van der Waals surface area contributed by atoms with Crippen LogP contribution in [0.2, 0.25) is 0 Å². The van der Waals surface area contributed by atoms with Crippen molar-refractivity contribution in [2.45, 2.75) is 11.8 Å². The van der Waals surface area contributed by atoms with Gasteiger partial charge in [0.25, 0.3) is 5.91 Å². The molecule has 1 aromatic carbocycles. The summed E-state index contributed by atoms with van der Waals surface area (Å²) in [6.45, 7) is 3.05. The summed E-state index contributed by atoms with van der Waals surface area (Å²) >= 11 is 0. The fourth-order valence-corrected chi connectivity index (χ4v) is 3.66. The molecule has 0 saturated carbocycles. The van der Waals surface area contributed by atoms with Crippen LogP contribution >= 0.6 is 0 Å². The van der Waals surface area contributed by atoms with Gasteiger partial charge in [0.2, 0.25) is 15.9 Å². The first-order valence-corrected chi connectivity index (χ1v) is 9.72. The molecular weight excluding hydrogens is 370 g/mol. The molecule has 9 nitrogen and oxygen atoms in total. The van der Waals surface area contributed by atoms with Crippen LogP contribution in [0.1, 0.15) is 21.7 Å². The number of aliphatic imine (C=N–C) groups is 2. The van der Waals surface area contributed by atoms with E-state index in [1.165, 1.54) is 29.2 Å². The third-order valence-corrected chi connectivity index (χ3v) is 5.48. The molecule has 140 valence electrons. The van der Waals surface area contributed by atoms with Gasteiger partial charge in [0.05, 0.1) is 22.6 Å². The maximum atomic E-state index is 13.2. The van der Waals surface area contributed by atoms with E-state index in [1.54, 1.807) is 20.3 Å². The Balaban J connectivity index is 1.72. The Morgan fingerprint density at radius 1 is 1.30 bits per heavy atom. The highest BCUT2D eigenvalue weighted by atomic mass is 32.2. The van der Waals surface area contributed by atoms with Gasteiger partial charge in [-0.3, -0.25) is 9.79 Å². The van der Waals surface area contributed by atoms with Gasteiger partial charge in [-0.15, -0.1) is 0 Å². The van der Waals surface area contributed by atoms with E-state index >= 15 is 0 Å². The lowest BCUT2D eigenvalue weighted by Gasteiger charge is -2.21. The molecule has 3 heterocycles. The zero-order valence-corrected chi connectivity index (χ0v) is 15.5. The van der Waals surface area contributed by atoms with Crippen molar-refractivity contribution in [3.05, 3.63) is 41.2 Å². The lowest BCUT2D eigenvalue weighted by atomic mass is 10.1. The Morgan fingerprint density at radius 3 is 2.67 bits per heavy atom. The summed E-state index contributed by atoms with van der Waals surface area (Å²) in [5.74, 6) is 1.20. The number of amidine groups is 1. The van der Waals surface area contributed by atoms with E-state index in [0.29, 0.717) is 47.4 Å². The van der Waals surface area contributed by atoms with Gasteiger partial charge in [-0.05, 0) is 31.2 Å². The molecule has 0 aliphatic carbocycles. The number of anilines is 1. The maximum Gasteiger partial charge on any atom is 0.262 e. The molecule has 2 aromatic rings. The molecule has 2 aliphatic rings. The molecule has 0 unspecified atom stereocenters. The van der Waals surface area contributed by atoms with Gasteiger partial charge in [-0.25, -0.2) is 18.5 Å². The molecule has 1 aromatic heterocycles. The number of nitrogens with zero attached hydrogens (tertiary/aromatic N) is 4. The molecule has 10 heteroatoms. The number of carbonyl (C=O) groups excluding carboxylic acids is 1. The normalized spacial score (nSPS) is 15.4. The van der Waals surface area contributed by atoms with Crippen LogP contribution in [0.25, 0.3) is 0 Å². The molecule has 0 saturated heterocycles. The quantitative estimate of drug-likeness (QED) is 0.849. The minimum absolute atomic E-state index is 0.0192. The number of carbonyl (C=O) groups is 1. The third kappa shape index (κ3) is 2.82. The molecular formula is C17H17N5O4S. The highest BCUT2D eigenvalue weighted by Gasteiger charge is 2.34. The summed E-state index contributed by atoms with van der Waals surface area (Å²) in [6, 6.07) is 5.77. The molecule has 2 aliphatic heterocycles. The highest BCUT2D eigenvalue weighted by Crippen LogP contribution is 2.35. The number of primary sulfonamides is 1. The van der Waals surface area contributed by atoms with Crippen LogP contribution in [-0.2, 0) is 10.0 Å². The van der Waals surface area contributed by atoms with Crippen molar-refractivity contribution in [1.29, 1.82) is 0 Å². The van der Waals surface area contributed by atoms with Gasteiger partial charge < -0.3 is 14.2 Å². The molecule has 2 N–H and O–H groups in total. The van der Waals surface area contributed by atoms with Gasteiger partial charge in [-0.1, -0.05) is 0 Å². The Bertz CT molecular complexity index is 1100. The van der Waals surface area contributed by atoms with Gasteiger partial charge in [-0.2, -0.15) is 0 Å². The number of hydrogen-bond donors (Lipinski definition) is 1. The number of sulfonamides is 1. The summed E-state index contributed by atoms with van der Waals surface area (Å²) < 4.78 is 28.5. The molecule has 0 fully saturated rings. The second-order valence-corrected chi connectivity index (χ2v) is 7.82. The van der Waals surface area contributed by atoms with Crippen LogP contribution < -0.4 is 10.0 Å². The van der Waals surface area contributed by atoms with Gasteiger partial charge in [0.15, 0.2) is 0 Å². The number of amides is 1. The van der Waals surface area contributed by atoms with Gasteiger partial charge >= 0.3 is 0 Å². The van der Waals surface area contributed by atoms with Crippen LogP contribution in [0, 0.1) is 6.92 Å². The summed E-state index contributed by atoms with van der Waals surface area (Å²) in [5.41, 5.74) is 1.50. The monoisotopic (exact) mass is 387 g/mol. The number of fused-ring (bicyclic) bond motifs is 3. The van der Waals surface area contributed by atoms with E-state index in [9.17, 15) is 13.2 Å². The van der Waals surface area contributed by atoms with E-state index in [1.807, 2.05) is 4.90 Å². The fourth-order valence-electron chi connectivity index (χ4n) is 3.15. The number of benzene rings is 1. The van der Waals surface area contributed by atoms with Crippen molar-refractivity contribution in [1.82, 2.24) is 4.90 Å². The molecule has 27 heavy (non-hydrogen) atoms. The summed E-state index contributed by atoms with van der Waals surface area (Å²) in [7, 11) is -2.19. The summed E-state index contributed by atoms with van der Waals surface area (Å²) in [5, 5.41) is 5.11. The predicted octanol–water partition coefficient (Wildman–Crippen LogP) is 1.25. The Hall–Kier alpha value is -2.98. The lowest BCUT2D eigenvalue weighted by molar-refractivity contribution is 0.0991. The summed E-state index contributed by atoms with van der Waals surface area (Å²) in [4.78, 5) is 25.2. The second kappa shape index (κ2) is 6.03. The first-order valence-electron chi connectivity index (χ1n) is 8.17. The topological polar surface area (TPSA) is 122 Å². The SMILES string of the molecule is Cc1oc2c(c1C(=O)N(C)c1ccc(S(N)(=O)=O)cc1)C1=NCCN1C=N2. The van der Waals surface area contributed by atoms with E-state index in [0.717, 1.165) is 0 Å².